The molecule has 20 heavy (non-hydrogen) atoms. The molecule has 0 bridgehead atoms. The van der Waals surface area contributed by atoms with Gasteiger partial charge in [0, 0.05) is 17.8 Å². The molecule has 0 aliphatic heterocycles. The van der Waals surface area contributed by atoms with Crippen LogP contribution in [0, 0.1) is 5.41 Å². The van der Waals surface area contributed by atoms with Gasteiger partial charge in [-0.15, -0.1) is 0 Å². The molecule has 0 aromatic heterocycles. The Morgan fingerprint density at radius 1 is 1.20 bits per heavy atom. The zero-order valence-electron chi connectivity index (χ0n) is 12.5. The van der Waals surface area contributed by atoms with E-state index in [0.29, 0.717) is 17.8 Å². The standard InChI is InChI=1S/C15H23N3O2/c1-5-17-13(19)10-6-8-11(9-7-10)18-14(20)12(16)15(2,3)4/h6-9,12H,5,16H2,1-4H3,(H,17,19)(H,18,20)/t12-/m1/s1. The maximum atomic E-state index is 12.0. The lowest BCUT2D eigenvalue weighted by Crippen LogP contribution is -2.45. The van der Waals surface area contributed by atoms with Crippen molar-refractivity contribution in [2.24, 2.45) is 11.1 Å². The molecule has 5 nitrogen and oxygen atoms in total. The molecule has 0 spiro atoms. The average molecular weight is 277 g/mol. The first-order valence-electron chi connectivity index (χ1n) is 6.70. The van der Waals surface area contributed by atoms with Gasteiger partial charge < -0.3 is 16.4 Å². The van der Waals surface area contributed by atoms with Crippen molar-refractivity contribution < 1.29 is 9.59 Å². The zero-order chi connectivity index (χ0) is 15.3. The molecule has 1 aromatic rings. The highest BCUT2D eigenvalue weighted by Gasteiger charge is 2.27. The summed E-state index contributed by atoms with van der Waals surface area (Å²) in [4.78, 5) is 23.6. The van der Waals surface area contributed by atoms with Crippen molar-refractivity contribution in [2.75, 3.05) is 11.9 Å². The number of amides is 2. The fourth-order valence-corrected chi connectivity index (χ4v) is 1.58. The quantitative estimate of drug-likeness (QED) is 0.784. The van der Waals surface area contributed by atoms with Crippen LogP contribution in [0.3, 0.4) is 0 Å². The van der Waals surface area contributed by atoms with E-state index < -0.39 is 6.04 Å². The van der Waals surface area contributed by atoms with Crippen LogP contribution in [0.2, 0.25) is 0 Å². The van der Waals surface area contributed by atoms with Crippen LogP contribution >= 0.6 is 0 Å². The molecule has 0 fully saturated rings. The highest BCUT2D eigenvalue weighted by Crippen LogP contribution is 2.19. The summed E-state index contributed by atoms with van der Waals surface area (Å²) in [6.45, 7) is 8.18. The summed E-state index contributed by atoms with van der Waals surface area (Å²) in [5, 5.41) is 5.46. The van der Waals surface area contributed by atoms with E-state index in [1.807, 2.05) is 27.7 Å². The van der Waals surface area contributed by atoms with E-state index in [1.54, 1.807) is 24.3 Å². The van der Waals surface area contributed by atoms with Crippen LogP contribution in [-0.4, -0.2) is 24.4 Å². The molecule has 110 valence electrons. The number of anilines is 1. The SMILES string of the molecule is CCNC(=O)c1ccc(NC(=O)[C@@H](N)C(C)(C)C)cc1. The molecule has 2 amide bonds. The summed E-state index contributed by atoms with van der Waals surface area (Å²) in [5.41, 5.74) is 6.77. The molecule has 0 aliphatic rings. The van der Waals surface area contributed by atoms with Crippen molar-refractivity contribution in [3.05, 3.63) is 29.8 Å². The van der Waals surface area contributed by atoms with Gasteiger partial charge in [0.25, 0.3) is 5.91 Å². The van der Waals surface area contributed by atoms with Crippen molar-refractivity contribution in [2.45, 2.75) is 33.7 Å². The fourth-order valence-electron chi connectivity index (χ4n) is 1.58. The van der Waals surface area contributed by atoms with Gasteiger partial charge >= 0.3 is 0 Å². The van der Waals surface area contributed by atoms with Gasteiger partial charge in [-0.3, -0.25) is 9.59 Å². The minimum atomic E-state index is -0.592. The van der Waals surface area contributed by atoms with Crippen molar-refractivity contribution in [3.63, 3.8) is 0 Å². The van der Waals surface area contributed by atoms with Gasteiger partial charge in [-0.25, -0.2) is 0 Å². The Kier molecular flexibility index (Phi) is 5.27. The molecular formula is C15H23N3O2. The molecule has 0 heterocycles. The fraction of sp³-hybridized carbons (Fsp3) is 0.467. The van der Waals surface area contributed by atoms with Crippen LogP contribution in [0.5, 0.6) is 0 Å². The van der Waals surface area contributed by atoms with E-state index >= 15 is 0 Å². The Morgan fingerprint density at radius 2 is 1.75 bits per heavy atom. The Hall–Kier alpha value is -1.88. The van der Waals surface area contributed by atoms with Crippen LogP contribution in [0.25, 0.3) is 0 Å². The highest BCUT2D eigenvalue weighted by atomic mass is 16.2. The molecule has 0 aliphatic carbocycles. The van der Waals surface area contributed by atoms with Gasteiger partial charge in [0.2, 0.25) is 5.91 Å². The molecule has 1 aromatic carbocycles. The van der Waals surface area contributed by atoms with E-state index in [-0.39, 0.29) is 17.2 Å². The maximum absolute atomic E-state index is 12.0. The van der Waals surface area contributed by atoms with Crippen molar-refractivity contribution in [1.29, 1.82) is 0 Å². The molecule has 5 heteroatoms. The maximum Gasteiger partial charge on any atom is 0.251 e. The number of hydrogen-bond donors (Lipinski definition) is 3. The minimum absolute atomic E-state index is 0.128. The van der Waals surface area contributed by atoms with Crippen LogP contribution in [0.1, 0.15) is 38.1 Å². The number of carbonyl (C=O) groups is 2. The van der Waals surface area contributed by atoms with E-state index in [1.165, 1.54) is 0 Å². The largest absolute Gasteiger partial charge is 0.352 e. The topological polar surface area (TPSA) is 84.2 Å². The Morgan fingerprint density at radius 3 is 2.20 bits per heavy atom. The lowest BCUT2D eigenvalue weighted by Gasteiger charge is -2.25. The normalized spacial score (nSPS) is 12.7. The van der Waals surface area contributed by atoms with Crippen LogP contribution < -0.4 is 16.4 Å². The first kappa shape index (κ1) is 16.2. The third-order valence-electron chi connectivity index (χ3n) is 2.97. The second-order valence-corrected chi connectivity index (χ2v) is 5.77. The predicted molar refractivity (Wildman–Crippen MR) is 80.5 cm³/mol. The molecule has 0 radical (unpaired) electrons. The zero-order valence-corrected chi connectivity index (χ0v) is 12.5. The Labute approximate surface area is 119 Å². The van der Waals surface area contributed by atoms with Gasteiger partial charge in [-0.1, -0.05) is 20.8 Å². The van der Waals surface area contributed by atoms with Gasteiger partial charge in [0.05, 0.1) is 6.04 Å². The van der Waals surface area contributed by atoms with Crippen LogP contribution in [0.15, 0.2) is 24.3 Å². The first-order chi connectivity index (χ1) is 9.25. The van der Waals surface area contributed by atoms with Gasteiger partial charge in [0.1, 0.15) is 0 Å². The molecule has 0 saturated carbocycles. The van der Waals surface area contributed by atoms with Crippen LogP contribution in [0.4, 0.5) is 5.69 Å². The summed E-state index contributed by atoms with van der Waals surface area (Å²) in [7, 11) is 0. The van der Waals surface area contributed by atoms with Gasteiger partial charge in [-0.05, 0) is 36.6 Å². The number of carbonyl (C=O) groups excluding carboxylic acids is 2. The monoisotopic (exact) mass is 277 g/mol. The highest BCUT2D eigenvalue weighted by molar-refractivity contribution is 5.97. The van der Waals surface area contributed by atoms with E-state index in [9.17, 15) is 9.59 Å². The minimum Gasteiger partial charge on any atom is -0.352 e. The number of nitrogens with two attached hydrogens (primary N) is 1. The Bertz CT molecular complexity index is 475. The third-order valence-corrected chi connectivity index (χ3v) is 2.97. The average Bonchev–Trinajstić information content (AvgIpc) is 2.37. The molecule has 1 rings (SSSR count). The molecule has 1 atom stereocenters. The number of rotatable bonds is 4. The first-order valence-corrected chi connectivity index (χ1v) is 6.70. The predicted octanol–water partition coefficient (Wildman–Crippen LogP) is 1.75. The molecule has 0 unspecified atom stereocenters. The van der Waals surface area contributed by atoms with Crippen molar-refractivity contribution >= 4 is 17.5 Å². The summed E-state index contributed by atoms with van der Waals surface area (Å²) in [5.74, 6) is -0.361. The number of hydrogen-bond acceptors (Lipinski definition) is 3. The van der Waals surface area contributed by atoms with E-state index in [4.69, 9.17) is 5.73 Å². The van der Waals surface area contributed by atoms with E-state index in [2.05, 4.69) is 10.6 Å². The molecule has 0 saturated heterocycles. The summed E-state index contributed by atoms with van der Waals surface area (Å²) < 4.78 is 0. The van der Waals surface area contributed by atoms with Gasteiger partial charge in [0.15, 0.2) is 0 Å². The summed E-state index contributed by atoms with van der Waals surface area (Å²) >= 11 is 0. The Balaban J connectivity index is 2.71. The number of benzene rings is 1. The second-order valence-electron chi connectivity index (χ2n) is 5.77. The van der Waals surface area contributed by atoms with Crippen molar-refractivity contribution in [1.82, 2.24) is 5.32 Å². The summed E-state index contributed by atoms with van der Waals surface area (Å²) in [6.07, 6.45) is 0. The van der Waals surface area contributed by atoms with Crippen LogP contribution in [-0.2, 0) is 4.79 Å². The molecule has 4 N–H and O–H groups in total. The van der Waals surface area contributed by atoms with Crippen molar-refractivity contribution in [3.8, 4) is 0 Å². The van der Waals surface area contributed by atoms with Gasteiger partial charge in [-0.2, -0.15) is 0 Å². The lowest BCUT2D eigenvalue weighted by molar-refractivity contribution is -0.119. The third kappa shape index (κ3) is 4.35. The number of nitrogens with one attached hydrogen (secondary N) is 2. The smallest absolute Gasteiger partial charge is 0.251 e. The molecular weight excluding hydrogens is 254 g/mol. The lowest BCUT2D eigenvalue weighted by atomic mass is 9.87. The van der Waals surface area contributed by atoms with E-state index in [0.717, 1.165) is 0 Å². The second kappa shape index (κ2) is 6.52. The summed E-state index contributed by atoms with van der Waals surface area (Å²) in [6, 6.07) is 6.13.